The summed E-state index contributed by atoms with van der Waals surface area (Å²) in [6.07, 6.45) is 5.47. The molecular weight excluding hydrogens is 285 g/mol. The number of piperidine rings is 1. The Morgan fingerprint density at radius 3 is 2.68 bits per heavy atom. The number of rotatable bonds is 3. The van der Waals surface area contributed by atoms with Crippen LogP contribution in [-0.4, -0.2) is 35.9 Å². The molecule has 1 aromatic rings. The molecule has 0 unspecified atom stereocenters. The van der Waals surface area contributed by atoms with E-state index in [2.05, 4.69) is 10.3 Å². The lowest BCUT2D eigenvalue weighted by molar-refractivity contribution is -0.135. The predicted octanol–water partition coefficient (Wildman–Crippen LogP) is 1.88. The third-order valence-corrected chi connectivity index (χ3v) is 3.21. The smallest absolute Gasteiger partial charge is 0.225 e. The second-order valence-electron chi connectivity index (χ2n) is 4.58. The monoisotopic (exact) mass is 305 g/mol. The summed E-state index contributed by atoms with van der Waals surface area (Å²) in [5.41, 5.74) is 1.08. The molecule has 0 saturated carbocycles. The van der Waals surface area contributed by atoms with E-state index in [0.29, 0.717) is 6.54 Å². The van der Waals surface area contributed by atoms with Crippen molar-refractivity contribution in [3.05, 3.63) is 30.1 Å². The molecule has 1 aliphatic rings. The Morgan fingerprint density at radius 2 is 2.11 bits per heavy atom. The van der Waals surface area contributed by atoms with Crippen LogP contribution in [0, 0.1) is 5.92 Å². The number of pyridine rings is 1. The number of amides is 1. The van der Waals surface area contributed by atoms with Crippen molar-refractivity contribution in [3.8, 4) is 0 Å². The highest BCUT2D eigenvalue weighted by Gasteiger charge is 2.23. The average Bonchev–Trinajstić information content (AvgIpc) is 2.40. The zero-order valence-corrected chi connectivity index (χ0v) is 12.7. The van der Waals surface area contributed by atoms with Crippen molar-refractivity contribution < 1.29 is 4.79 Å². The fourth-order valence-electron chi connectivity index (χ4n) is 2.22. The van der Waals surface area contributed by atoms with Gasteiger partial charge in [-0.15, -0.1) is 24.8 Å². The van der Waals surface area contributed by atoms with Crippen molar-refractivity contribution in [2.75, 3.05) is 20.1 Å². The Morgan fingerprint density at radius 1 is 1.42 bits per heavy atom. The third-order valence-electron chi connectivity index (χ3n) is 3.21. The maximum Gasteiger partial charge on any atom is 0.225 e. The van der Waals surface area contributed by atoms with E-state index in [9.17, 15) is 4.79 Å². The molecule has 1 aromatic heterocycles. The SMILES string of the molecule is CN(Cc1cccnc1)C(=O)C1CCNCC1.Cl.Cl. The highest BCUT2D eigenvalue weighted by atomic mass is 35.5. The fraction of sp³-hybridized carbons (Fsp3) is 0.538. The molecule has 0 spiro atoms. The summed E-state index contributed by atoms with van der Waals surface area (Å²) in [4.78, 5) is 18.1. The lowest BCUT2D eigenvalue weighted by atomic mass is 9.96. The highest BCUT2D eigenvalue weighted by molar-refractivity contribution is 5.85. The summed E-state index contributed by atoms with van der Waals surface area (Å²) in [7, 11) is 1.87. The van der Waals surface area contributed by atoms with Crippen LogP contribution in [0.4, 0.5) is 0 Å². The van der Waals surface area contributed by atoms with Crippen LogP contribution < -0.4 is 5.32 Å². The number of halogens is 2. The van der Waals surface area contributed by atoms with E-state index in [4.69, 9.17) is 0 Å². The van der Waals surface area contributed by atoms with E-state index in [-0.39, 0.29) is 36.6 Å². The first kappa shape index (κ1) is 18.2. The van der Waals surface area contributed by atoms with Crippen LogP contribution in [0.3, 0.4) is 0 Å². The van der Waals surface area contributed by atoms with Crippen LogP contribution in [0.2, 0.25) is 0 Å². The standard InChI is InChI=1S/C13H19N3O.2ClH/c1-16(10-11-3-2-6-15-9-11)13(17)12-4-7-14-8-5-12;;/h2-3,6,9,12,14H,4-5,7-8,10H2,1H3;2*1H. The van der Waals surface area contributed by atoms with E-state index in [1.54, 1.807) is 6.20 Å². The number of carbonyl (C=O) groups excluding carboxylic acids is 1. The van der Waals surface area contributed by atoms with Crippen LogP contribution in [0.25, 0.3) is 0 Å². The molecule has 1 fully saturated rings. The van der Waals surface area contributed by atoms with Gasteiger partial charge >= 0.3 is 0 Å². The van der Waals surface area contributed by atoms with Crippen LogP contribution >= 0.6 is 24.8 Å². The molecule has 0 aliphatic carbocycles. The van der Waals surface area contributed by atoms with Gasteiger partial charge in [0.2, 0.25) is 5.91 Å². The normalized spacial score (nSPS) is 15.0. The van der Waals surface area contributed by atoms with Crippen LogP contribution in [-0.2, 0) is 11.3 Å². The molecule has 0 bridgehead atoms. The summed E-state index contributed by atoms with van der Waals surface area (Å²) in [5, 5.41) is 3.28. The number of hydrogen-bond acceptors (Lipinski definition) is 3. The molecule has 2 heterocycles. The lowest BCUT2D eigenvalue weighted by Gasteiger charge is -2.26. The van der Waals surface area contributed by atoms with Gasteiger partial charge < -0.3 is 10.2 Å². The molecule has 2 rings (SSSR count). The predicted molar refractivity (Wildman–Crippen MR) is 80.8 cm³/mol. The number of hydrogen-bond donors (Lipinski definition) is 1. The maximum atomic E-state index is 12.2. The Balaban J connectivity index is 0.00000162. The van der Waals surface area contributed by atoms with Crippen molar-refractivity contribution in [2.24, 2.45) is 5.92 Å². The Bertz CT molecular complexity index is 369. The minimum atomic E-state index is 0. The number of carbonyl (C=O) groups is 1. The molecule has 0 atom stereocenters. The van der Waals surface area contributed by atoms with Gasteiger partial charge in [-0.3, -0.25) is 9.78 Å². The van der Waals surface area contributed by atoms with E-state index in [0.717, 1.165) is 31.5 Å². The molecule has 6 heteroatoms. The topological polar surface area (TPSA) is 45.2 Å². The summed E-state index contributed by atoms with van der Waals surface area (Å²) in [6.45, 7) is 2.56. The summed E-state index contributed by atoms with van der Waals surface area (Å²) >= 11 is 0. The molecule has 19 heavy (non-hydrogen) atoms. The molecule has 1 N–H and O–H groups in total. The second-order valence-corrected chi connectivity index (χ2v) is 4.58. The minimum absolute atomic E-state index is 0. The van der Waals surface area contributed by atoms with Crippen molar-refractivity contribution in [3.63, 3.8) is 0 Å². The van der Waals surface area contributed by atoms with E-state index < -0.39 is 0 Å². The second kappa shape index (κ2) is 9.13. The van der Waals surface area contributed by atoms with Crippen molar-refractivity contribution >= 4 is 30.7 Å². The highest BCUT2D eigenvalue weighted by Crippen LogP contribution is 2.15. The van der Waals surface area contributed by atoms with Gasteiger partial charge in [0.25, 0.3) is 0 Å². The number of nitrogens with zero attached hydrogens (tertiary/aromatic N) is 2. The quantitative estimate of drug-likeness (QED) is 0.927. The van der Waals surface area contributed by atoms with Gasteiger partial charge in [0, 0.05) is 31.9 Å². The van der Waals surface area contributed by atoms with Gasteiger partial charge in [0.1, 0.15) is 0 Å². The van der Waals surface area contributed by atoms with Gasteiger partial charge in [-0.25, -0.2) is 0 Å². The van der Waals surface area contributed by atoms with Crippen LogP contribution in [0.1, 0.15) is 18.4 Å². The summed E-state index contributed by atoms with van der Waals surface area (Å²) in [5.74, 6) is 0.452. The first-order valence-corrected chi connectivity index (χ1v) is 6.12. The van der Waals surface area contributed by atoms with Crippen molar-refractivity contribution in [2.45, 2.75) is 19.4 Å². The zero-order chi connectivity index (χ0) is 12.1. The van der Waals surface area contributed by atoms with Crippen LogP contribution in [0.5, 0.6) is 0 Å². The molecule has 1 saturated heterocycles. The molecular formula is C13H21Cl2N3O. The Labute approximate surface area is 126 Å². The Hall–Kier alpha value is -0.840. The molecule has 1 aliphatic heterocycles. The minimum Gasteiger partial charge on any atom is -0.341 e. The molecule has 108 valence electrons. The first-order valence-electron chi connectivity index (χ1n) is 6.12. The summed E-state index contributed by atoms with van der Waals surface area (Å²) < 4.78 is 0. The van der Waals surface area contributed by atoms with Crippen molar-refractivity contribution in [1.29, 1.82) is 0 Å². The summed E-state index contributed by atoms with van der Waals surface area (Å²) in [6, 6.07) is 3.90. The van der Waals surface area contributed by atoms with Gasteiger partial charge in [-0.2, -0.15) is 0 Å². The molecule has 1 amide bonds. The third kappa shape index (κ3) is 5.35. The van der Waals surface area contributed by atoms with Gasteiger partial charge in [-0.1, -0.05) is 6.07 Å². The van der Waals surface area contributed by atoms with E-state index >= 15 is 0 Å². The molecule has 0 aromatic carbocycles. The maximum absolute atomic E-state index is 12.2. The van der Waals surface area contributed by atoms with Crippen molar-refractivity contribution in [1.82, 2.24) is 15.2 Å². The van der Waals surface area contributed by atoms with Gasteiger partial charge in [0.05, 0.1) is 0 Å². The number of nitrogens with one attached hydrogen (secondary N) is 1. The van der Waals surface area contributed by atoms with Gasteiger partial charge in [0.15, 0.2) is 0 Å². The zero-order valence-electron chi connectivity index (χ0n) is 11.0. The fourth-order valence-corrected chi connectivity index (χ4v) is 2.22. The molecule has 0 radical (unpaired) electrons. The average molecular weight is 306 g/mol. The molecule has 4 nitrogen and oxygen atoms in total. The largest absolute Gasteiger partial charge is 0.341 e. The van der Waals surface area contributed by atoms with E-state index in [1.165, 1.54) is 0 Å². The first-order chi connectivity index (χ1) is 8.27. The van der Waals surface area contributed by atoms with Gasteiger partial charge in [-0.05, 0) is 37.6 Å². The lowest BCUT2D eigenvalue weighted by Crippen LogP contribution is -2.38. The number of aromatic nitrogens is 1. The van der Waals surface area contributed by atoms with E-state index in [1.807, 2.05) is 30.3 Å². The van der Waals surface area contributed by atoms with Crippen LogP contribution in [0.15, 0.2) is 24.5 Å². The Kier molecular flexibility index (Phi) is 8.72.